The van der Waals surface area contributed by atoms with Crippen LogP contribution in [0.4, 0.5) is 0 Å². The van der Waals surface area contributed by atoms with Crippen LogP contribution in [0, 0.1) is 0 Å². The average Bonchev–Trinajstić information content (AvgIpc) is 3.51. The fraction of sp³-hybridized carbons (Fsp3) is 0.628. The quantitative estimate of drug-likeness (QED) is 0.206. The van der Waals surface area contributed by atoms with Gasteiger partial charge < -0.3 is 9.55 Å². The van der Waals surface area contributed by atoms with Gasteiger partial charge in [-0.25, -0.2) is 4.98 Å². The second-order valence-electron chi connectivity index (χ2n) is 18.5. The molecule has 4 aromatic rings. The van der Waals surface area contributed by atoms with Crippen LogP contribution in [0.3, 0.4) is 0 Å². The third kappa shape index (κ3) is 13.6. The molecule has 0 saturated heterocycles. The van der Waals surface area contributed by atoms with E-state index in [1.165, 1.54) is 27.7 Å². The highest BCUT2D eigenvalue weighted by Crippen LogP contribution is 2.30. The molecule has 0 aliphatic heterocycles. The molecule has 3 heterocycles. The van der Waals surface area contributed by atoms with Crippen LogP contribution in [0.1, 0.15) is 175 Å². The number of nitrogens with zero attached hydrogens (tertiary/aromatic N) is 3. The van der Waals surface area contributed by atoms with Gasteiger partial charge in [0.2, 0.25) is 0 Å². The fourth-order valence-electron chi connectivity index (χ4n) is 4.36. The Balaban J connectivity index is 0. The van der Waals surface area contributed by atoms with E-state index in [0.29, 0.717) is 0 Å². The van der Waals surface area contributed by atoms with Crippen molar-refractivity contribution in [2.75, 3.05) is 0 Å². The van der Waals surface area contributed by atoms with E-state index in [4.69, 9.17) is 0 Å². The van der Waals surface area contributed by atoms with E-state index >= 15 is 0 Å². The minimum absolute atomic E-state index is 0. The van der Waals surface area contributed by atoms with Crippen molar-refractivity contribution in [1.29, 1.82) is 0 Å². The lowest BCUT2D eigenvalue weighted by Gasteiger charge is -2.22. The number of hydrogen-bond acceptors (Lipinski definition) is 2. The molecule has 0 fully saturated rings. The Hall–Kier alpha value is -2.88. The number of imidazole rings is 1. The predicted molar refractivity (Wildman–Crippen MR) is 213 cm³/mol. The maximum absolute atomic E-state index is 4.52. The lowest BCUT2D eigenvalue weighted by Crippen LogP contribution is -2.20. The molecule has 0 amide bonds. The van der Waals surface area contributed by atoms with E-state index < -0.39 is 0 Å². The summed E-state index contributed by atoms with van der Waals surface area (Å²) in [7, 11) is 0. The average molecular weight is 649 g/mol. The van der Waals surface area contributed by atoms with Crippen molar-refractivity contribution in [2.45, 2.75) is 180 Å². The monoisotopic (exact) mass is 649 g/mol. The summed E-state index contributed by atoms with van der Waals surface area (Å²) < 4.78 is 2.16. The number of benzene rings is 1. The summed E-state index contributed by atoms with van der Waals surface area (Å²) in [6, 6.07) is 13.3. The second kappa shape index (κ2) is 16.0. The Morgan fingerprint density at radius 2 is 1.00 bits per heavy atom. The Labute approximate surface area is 292 Å². The molecule has 3 aromatic heterocycles. The molecule has 0 spiro atoms. The maximum atomic E-state index is 4.52. The number of pyridine rings is 1. The fourth-order valence-corrected chi connectivity index (χ4v) is 4.36. The van der Waals surface area contributed by atoms with Gasteiger partial charge in [-0.1, -0.05) is 138 Å². The molecule has 4 nitrogen and oxygen atoms in total. The molecule has 268 valence electrons. The van der Waals surface area contributed by atoms with Crippen molar-refractivity contribution in [3.63, 3.8) is 0 Å². The molecule has 0 radical (unpaired) electrons. The molecule has 0 unspecified atom stereocenters. The SMILES string of the molecule is C.C.C.CC(C)(C)c1ccc(C(C)(C)C)nc1.CC(C)(C)c1ccc2[nH]c(C(C)(C)C)cc2c1.CC(C)(C)c1cn(C(C)(C)C)cn1. The molecular formula is C43H76N4. The molecule has 4 heteroatoms. The Morgan fingerprint density at radius 1 is 0.511 bits per heavy atom. The van der Waals surface area contributed by atoms with Crippen LogP contribution in [0.15, 0.2) is 55.1 Å². The molecule has 1 N–H and O–H groups in total. The summed E-state index contributed by atoms with van der Waals surface area (Å²) >= 11 is 0. The van der Waals surface area contributed by atoms with Crippen LogP contribution in [0.5, 0.6) is 0 Å². The van der Waals surface area contributed by atoms with Crippen molar-refractivity contribution in [3.05, 3.63) is 83.3 Å². The van der Waals surface area contributed by atoms with Gasteiger partial charge in [0.25, 0.3) is 0 Å². The third-order valence-electron chi connectivity index (χ3n) is 7.82. The highest BCUT2D eigenvalue weighted by molar-refractivity contribution is 5.81. The van der Waals surface area contributed by atoms with E-state index in [-0.39, 0.29) is 54.9 Å². The highest BCUT2D eigenvalue weighted by atomic mass is 15.1. The van der Waals surface area contributed by atoms with Gasteiger partial charge in [-0.05, 0) is 72.4 Å². The summed E-state index contributed by atoms with van der Waals surface area (Å²) in [6.45, 7) is 39.8. The molecule has 0 bridgehead atoms. The summed E-state index contributed by atoms with van der Waals surface area (Å²) in [4.78, 5) is 12.4. The molecule has 0 atom stereocenters. The van der Waals surface area contributed by atoms with E-state index in [0.717, 1.165) is 11.4 Å². The smallest absolute Gasteiger partial charge is 0.0954 e. The van der Waals surface area contributed by atoms with Crippen LogP contribution >= 0.6 is 0 Å². The zero-order chi connectivity index (χ0) is 34.1. The van der Waals surface area contributed by atoms with E-state index in [1.807, 2.05) is 12.5 Å². The molecule has 4 rings (SSSR count). The van der Waals surface area contributed by atoms with Crippen LogP contribution in [0.25, 0.3) is 10.9 Å². The van der Waals surface area contributed by atoms with Gasteiger partial charge in [0.1, 0.15) is 0 Å². The van der Waals surface area contributed by atoms with Crippen LogP contribution < -0.4 is 0 Å². The van der Waals surface area contributed by atoms with Gasteiger partial charge in [0, 0.05) is 51.1 Å². The van der Waals surface area contributed by atoms with Crippen molar-refractivity contribution in [1.82, 2.24) is 19.5 Å². The number of aromatic amines is 1. The first kappa shape index (κ1) is 46.2. The van der Waals surface area contributed by atoms with Crippen LogP contribution in [0.2, 0.25) is 0 Å². The van der Waals surface area contributed by atoms with E-state index in [2.05, 4.69) is 187 Å². The standard InChI is InChI=1S/C16H23N.C13H21N.C11H20N2.3CH4/c1-15(2,3)12-7-8-13-11(9-12)10-14(17-13)16(4,5)6;1-12(2,3)10-7-8-11(14-9-10)13(4,5)6;1-10(2,3)9-7-13(8-12-9)11(4,5)6;;;/h7-10,17H,1-6H3;7-9H,1-6H3;7-8H,1-6H3;3*1H4. The topological polar surface area (TPSA) is 46.5 Å². The predicted octanol–water partition coefficient (Wildman–Crippen LogP) is 13.3. The first-order valence-corrected chi connectivity index (χ1v) is 16.3. The van der Waals surface area contributed by atoms with E-state index in [1.54, 1.807) is 0 Å². The van der Waals surface area contributed by atoms with Crippen molar-refractivity contribution < 1.29 is 0 Å². The number of nitrogens with one attached hydrogen (secondary N) is 1. The summed E-state index contributed by atoms with van der Waals surface area (Å²) in [5, 5.41) is 1.32. The van der Waals surface area contributed by atoms with Gasteiger partial charge in [-0.2, -0.15) is 0 Å². The van der Waals surface area contributed by atoms with Gasteiger partial charge in [-0.15, -0.1) is 0 Å². The Kier molecular flexibility index (Phi) is 15.8. The molecule has 0 saturated carbocycles. The first-order chi connectivity index (χ1) is 19.6. The van der Waals surface area contributed by atoms with Crippen LogP contribution in [-0.2, 0) is 32.6 Å². The number of H-pyrrole nitrogens is 1. The summed E-state index contributed by atoms with van der Waals surface area (Å²) in [6.07, 6.45) is 6.06. The molecule has 47 heavy (non-hydrogen) atoms. The third-order valence-corrected chi connectivity index (χ3v) is 7.82. The normalized spacial score (nSPS) is 12.4. The molecule has 0 aliphatic carbocycles. The van der Waals surface area contributed by atoms with Crippen molar-refractivity contribution in [2.24, 2.45) is 0 Å². The molecular weight excluding hydrogens is 573 g/mol. The zero-order valence-electron chi connectivity index (χ0n) is 31.5. The number of aromatic nitrogens is 4. The molecule has 1 aromatic carbocycles. The largest absolute Gasteiger partial charge is 0.358 e. The zero-order valence-corrected chi connectivity index (χ0v) is 31.5. The van der Waals surface area contributed by atoms with Crippen LogP contribution in [-0.4, -0.2) is 19.5 Å². The Morgan fingerprint density at radius 3 is 1.34 bits per heavy atom. The van der Waals surface area contributed by atoms with Crippen molar-refractivity contribution >= 4 is 10.9 Å². The Bertz CT molecular complexity index is 1400. The maximum Gasteiger partial charge on any atom is 0.0954 e. The van der Waals surface area contributed by atoms with Gasteiger partial charge in [0.15, 0.2) is 0 Å². The number of hydrogen-bond donors (Lipinski definition) is 1. The molecule has 0 aliphatic rings. The summed E-state index contributed by atoms with van der Waals surface area (Å²) in [5.74, 6) is 0. The van der Waals surface area contributed by atoms with E-state index in [9.17, 15) is 0 Å². The van der Waals surface area contributed by atoms with Gasteiger partial charge >= 0.3 is 0 Å². The minimum atomic E-state index is 0. The summed E-state index contributed by atoms with van der Waals surface area (Å²) in [5.41, 5.74) is 8.57. The minimum Gasteiger partial charge on any atom is -0.358 e. The second-order valence-corrected chi connectivity index (χ2v) is 18.5. The van der Waals surface area contributed by atoms with Crippen molar-refractivity contribution in [3.8, 4) is 0 Å². The van der Waals surface area contributed by atoms with Gasteiger partial charge in [-0.3, -0.25) is 4.98 Å². The number of fused-ring (bicyclic) bond motifs is 1. The lowest BCUT2D eigenvalue weighted by molar-refractivity contribution is 0.395. The van der Waals surface area contributed by atoms with Gasteiger partial charge in [0.05, 0.1) is 12.0 Å². The first-order valence-electron chi connectivity index (χ1n) is 16.3. The number of rotatable bonds is 0. The highest BCUT2D eigenvalue weighted by Gasteiger charge is 2.21. The lowest BCUT2D eigenvalue weighted by atomic mass is 9.86.